The first-order valence-electron chi connectivity index (χ1n) is 10.4. The van der Waals surface area contributed by atoms with Crippen LogP contribution < -0.4 is 10.6 Å². The number of hydrogen-bond donors (Lipinski definition) is 1. The van der Waals surface area contributed by atoms with Gasteiger partial charge in [-0.2, -0.15) is 15.8 Å². The molecule has 4 rings (SSSR count). The number of likely N-dealkylation sites (N-methyl/N-ethyl adjacent to an activating group) is 1. The van der Waals surface area contributed by atoms with Gasteiger partial charge in [0, 0.05) is 18.7 Å². The van der Waals surface area contributed by atoms with Crippen molar-refractivity contribution < 1.29 is 4.79 Å². The number of anilines is 1. The first-order valence-corrected chi connectivity index (χ1v) is 10.4. The van der Waals surface area contributed by atoms with E-state index in [0.29, 0.717) is 23.2 Å². The van der Waals surface area contributed by atoms with Gasteiger partial charge >= 0.3 is 0 Å². The normalized spacial score (nSPS) is 28.9. The van der Waals surface area contributed by atoms with Crippen LogP contribution in [0.4, 0.5) is 5.69 Å². The van der Waals surface area contributed by atoms with E-state index in [1.165, 1.54) is 4.90 Å². The average Bonchev–Trinajstić information content (AvgIpc) is 2.98. The maximum absolute atomic E-state index is 14.1. The van der Waals surface area contributed by atoms with Crippen molar-refractivity contribution in [3.05, 3.63) is 52.7 Å². The minimum absolute atomic E-state index is 0.0439. The minimum atomic E-state index is -1.97. The zero-order chi connectivity index (χ0) is 22.8. The molecule has 2 aliphatic carbocycles. The summed E-state index contributed by atoms with van der Waals surface area (Å²) in [6, 6.07) is 13.7. The van der Waals surface area contributed by atoms with Gasteiger partial charge < -0.3 is 10.6 Å². The lowest BCUT2D eigenvalue weighted by Crippen LogP contribution is -2.61. The lowest BCUT2D eigenvalue weighted by atomic mass is 9.46. The molecule has 0 fully saturated rings. The number of nitrogens with two attached hydrogens (primary N) is 1. The Hall–Kier alpha value is -3.56. The molecule has 0 aromatic heterocycles. The summed E-state index contributed by atoms with van der Waals surface area (Å²) < 4.78 is 0. The van der Waals surface area contributed by atoms with Gasteiger partial charge in [-0.3, -0.25) is 4.79 Å². The number of rotatable bonds is 0. The highest BCUT2D eigenvalue weighted by atomic mass is 16.2. The van der Waals surface area contributed by atoms with Crippen molar-refractivity contribution >= 4 is 11.6 Å². The number of allylic oxidation sites excluding steroid dienone is 4. The molecule has 1 aliphatic heterocycles. The fourth-order valence-electron chi connectivity index (χ4n) is 5.86. The van der Waals surface area contributed by atoms with Crippen molar-refractivity contribution in [3.63, 3.8) is 0 Å². The van der Waals surface area contributed by atoms with Crippen LogP contribution in [0.15, 0.2) is 47.2 Å². The second-order valence-corrected chi connectivity index (χ2v) is 9.81. The van der Waals surface area contributed by atoms with Gasteiger partial charge in [-0.05, 0) is 41.4 Å². The number of nitrogens with zero attached hydrogens (tertiary/aromatic N) is 4. The van der Waals surface area contributed by atoms with E-state index in [0.717, 1.165) is 6.42 Å². The highest BCUT2D eigenvalue weighted by Gasteiger charge is 2.72. The van der Waals surface area contributed by atoms with E-state index in [1.54, 1.807) is 7.05 Å². The van der Waals surface area contributed by atoms with Gasteiger partial charge in [-0.1, -0.05) is 45.0 Å². The Morgan fingerprint density at radius 3 is 2.39 bits per heavy atom. The number of benzene rings is 1. The van der Waals surface area contributed by atoms with Gasteiger partial charge in [0.25, 0.3) is 0 Å². The Morgan fingerprint density at radius 1 is 1.16 bits per heavy atom. The molecule has 0 unspecified atom stereocenters. The van der Waals surface area contributed by atoms with E-state index in [4.69, 9.17) is 5.73 Å². The van der Waals surface area contributed by atoms with Gasteiger partial charge in [-0.25, -0.2) is 0 Å². The molecule has 1 aromatic carbocycles. The molecule has 0 saturated carbocycles. The SMILES string of the molecule is CN1C(=O)[C@]2(c3ccccc31)[C@@H]1C[C@@H](C(C)(C)C)CC=C1C(C#N)=C(N)C2(C#N)C#N. The van der Waals surface area contributed by atoms with Crippen molar-refractivity contribution in [3.8, 4) is 18.2 Å². The lowest BCUT2D eigenvalue weighted by molar-refractivity contribution is -0.127. The Labute approximate surface area is 182 Å². The molecule has 6 heteroatoms. The van der Waals surface area contributed by atoms with Crippen LogP contribution in [0.2, 0.25) is 0 Å². The summed E-state index contributed by atoms with van der Waals surface area (Å²) >= 11 is 0. The minimum Gasteiger partial charge on any atom is -0.399 e. The Morgan fingerprint density at radius 2 is 1.81 bits per heavy atom. The summed E-state index contributed by atoms with van der Waals surface area (Å²) in [5.74, 6) is -0.592. The predicted octanol–water partition coefficient (Wildman–Crippen LogP) is 3.68. The molecule has 6 nitrogen and oxygen atoms in total. The van der Waals surface area contributed by atoms with Crippen LogP contribution in [0.1, 0.15) is 39.2 Å². The van der Waals surface area contributed by atoms with E-state index >= 15 is 0 Å². The van der Waals surface area contributed by atoms with Gasteiger partial charge in [0.2, 0.25) is 11.3 Å². The number of nitriles is 3. The summed E-state index contributed by atoms with van der Waals surface area (Å²) in [7, 11) is 1.67. The average molecular weight is 412 g/mol. The zero-order valence-electron chi connectivity index (χ0n) is 18.2. The van der Waals surface area contributed by atoms with E-state index in [-0.39, 0.29) is 28.5 Å². The Balaban J connectivity index is 2.17. The van der Waals surface area contributed by atoms with E-state index < -0.39 is 16.7 Å². The topological polar surface area (TPSA) is 118 Å². The molecule has 1 aromatic rings. The largest absolute Gasteiger partial charge is 0.399 e. The molecule has 0 radical (unpaired) electrons. The van der Waals surface area contributed by atoms with Gasteiger partial charge in [0.1, 0.15) is 11.5 Å². The smallest absolute Gasteiger partial charge is 0.241 e. The maximum atomic E-state index is 14.1. The third-order valence-electron chi connectivity index (χ3n) is 7.60. The quantitative estimate of drug-likeness (QED) is 0.698. The molecule has 3 atom stereocenters. The summed E-state index contributed by atoms with van der Waals surface area (Å²) in [5.41, 5.74) is 4.98. The van der Waals surface area contributed by atoms with E-state index in [1.807, 2.05) is 30.3 Å². The zero-order valence-corrected chi connectivity index (χ0v) is 18.2. The maximum Gasteiger partial charge on any atom is 0.241 e. The molecule has 2 N–H and O–H groups in total. The summed E-state index contributed by atoms with van der Waals surface area (Å²) in [5, 5.41) is 30.8. The molecular weight excluding hydrogens is 386 g/mol. The van der Waals surface area contributed by atoms with Crippen molar-refractivity contribution in [2.75, 3.05) is 11.9 Å². The molecule has 1 amide bonds. The molecule has 31 heavy (non-hydrogen) atoms. The Kier molecular flexibility index (Phi) is 4.32. The third-order valence-corrected chi connectivity index (χ3v) is 7.60. The first-order chi connectivity index (χ1) is 14.6. The number of fused-ring (bicyclic) bond motifs is 4. The van der Waals surface area contributed by atoms with Gasteiger partial charge in [-0.15, -0.1) is 0 Å². The van der Waals surface area contributed by atoms with Crippen molar-refractivity contribution in [1.29, 1.82) is 15.8 Å². The fourth-order valence-corrected chi connectivity index (χ4v) is 5.86. The van der Waals surface area contributed by atoms with Crippen LogP contribution in [0.25, 0.3) is 0 Å². The van der Waals surface area contributed by atoms with Gasteiger partial charge in [0.05, 0.1) is 23.4 Å². The number of amides is 1. The molecule has 3 aliphatic rings. The van der Waals surface area contributed by atoms with Crippen LogP contribution in [-0.4, -0.2) is 13.0 Å². The highest BCUT2D eigenvalue weighted by molar-refractivity contribution is 6.10. The Bertz CT molecular complexity index is 1170. The van der Waals surface area contributed by atoms with E-state index in [9.17, 15) is 20.6 Å². The lowest BCUT2D eigenvalue weighted by Gasteiger charge is -2.52. The molecule has 1 heterocycles. The summed E-state index contributed by atoms with van der Waals surface area (Å²) in [6.45, 7) is 6.46. The van der Waals surface area contributed by atoms with Crippen LogP contribution in [0.3, 0.4) is 0 Å². The summed E-state index contributed by atoms with van der Waals surface area (Å²) in [6.07, 6.45) is 3.35. The fraction of sp³-hybridized carbons (Fsp3) is 0.440. The number of carbonyl (C=O) groups excluding carboxylic acids is 1. The molecule has 156 valence electrons. The van der Waals surface area contributed by atoms with Crippen molar-refractivity contribution in [2.45, 2.75) is 39.0 Å². The highest BCUT2D eigenvalue weighted by Crippen LogP contribution is 2.65. The molecule has 0 saturated heterocycles. The number of carbonyl (C=O) groups is 1. The van der Waals surface area contributed by atoms with Crippen LogP contribution in [0.5, 0.6) is 0 Å². The second kappa shape index (κ2) is 6.47. The summed E-state index contributed by atoms with van der Waals surface area (Å²) in [4.78, 5) is 15.6. The number of hydrogen-bond acceptors (Lipinski definition) is 5. The van der Waals surface area contributed by atoms with Crippen molar-refractivity contribution in [1.82, 2.24) is 0 Å². The second-order valence-electron chi connectivity index (χ2n) is 9.81. The third kappa shape index (κ3) is 2.27. The van der Waals surface area contributed by atoms with Crippen LogP contribution in [0, 0.1) is 56.7 Å². The van der Waals surface area contributed by atoms with Crippen LogP contribution >= 0.6 is 0 Å². The standard InChI is InChI=1S/C25H25N5O/c1-23(2,3)15-9-10-16-17(12-26)21(29)24(13-27,14-28)25(19(16)11-15)18-7-5-6-8-20(18)30(4)22(25)31/h5-8,10,15,19H,9,11,29H2,1-4H3/t15-,19+,25-/m0/s1. The van der Waals surface area contributed by atoms with Crippen molar-refractivity contribution in [2.24, 2.45) is 28.4 Å². The predicted molar refractivity (Wildman–Crippen MR) is 116 cm³/mol. The number of para-hydroxylation sites is 1. The molecule has 0 bridgehead atoms. The molecular formula is C25H25N5O. The van der Waals surface area contributed by atoms with Crippen LogP contribution in [-0.2, 0) is 10.2 Å². The van der Waals surface area contributed by atoms with Gasteiger partial charge in [0.15, 0.2) is 0 Å². The monoisotopic (exact) mass is 411 g/mol. The first kappa shape index (κ1) is 20.7. The van der Waals surface area contributed by atoms with E-state index in [2.05, 4.69) is 39.0 Å². The molecule has 1 spiro atoms.